The van der Waals surface area contributed by atoms with Crippen LogP contribution in [0.1, 0.15) is 82.4 Å². The lowest BCUT2D eigenvalue weighted by atomic mass is 10.2. The Morgan fingerprint density at radius 1 is 0.500 bits per heavy atom. The fourth-order valence-corrected chi connectivity index (χ4v) is 8.40. The number of carbonyl (C=O) groups is 2. The van der Waals surface area contributed by atoms with Crippen LogP contribution in [0.2, 0.25) is 0 Å². The van der Waals surface area contributed by atoms with Crippen molar-refractivity contribution in [2.45, 2.75) is 103 Å². The number of carbonyl (C=O) groups excluding carboxylic acids is 2. The molecule has 0 saturated heterocycles. The van der Waals surface area contributed by atoms with Crippen molar-refractivity contribution in [3.63, 3.8) is 0 Å². The molecule has 5 aromatic rings. The average Bonchev–Trinajstić information content (AvgIpc) is 3.27. The van der Waals surface area contributed by atoms with E-state index in [0.717, 1.165) is 11.1 Å². The molecule has 0 fully saturated rings. The van der Waals surface area contributed by atoms with E-state index in [9.17, 15) is 28.2 Å². The van der Waals surface area contributed by atoms with Crippen LogP contribution in [-0.2, 0) is 45.4 Å². The Kier molecular flexibility index (Phi) is 36.7. The Hall–Kier alpha value is -5.47. The number of aliphatic hydroxyl groups is 1. The Balaban J connectivity index is -0.000000921. The molecule has 392 valence electrons. The molecule has 0 aliphatic rings. The van der Waals surface area contributed by atoms with Gasteiger partial charge in [0, 0.05) is 6.10 Å². The number of hydrogen-bond acceptors (Lipinski definition) is 14. The van der Waals surface area contributed by atoms with Crippen LogP contribution in [0.4, 0.5) is 9.59 Å². The molecule has 5 aromatic carbocycles. The number of para-hydroxylation sites is 3. The van der Waals surface area contributed by atoms with Gasteiger partial charge in [-0.3, -0.25) is 9.05 Å². The predicted octanol–water partition coefficient (Wildman–Crippen LogP) is 13.2. The predicted molar refractivity (Wildman–Crippen MR) is 281 cm³/mol. The first kappa shape index (κ1) is 68.8. The highest BCUT2D eigenvalue weighted by atomic mass is 31.2. The highest BCUT2D eigenvalue weighted by molar-refractivity contribution is 7.54. The molecular weight excluding hydrogens is 959 g/mol. The Morgan fingerprint density at radius 3 is 1.11 bits per heavy atom. The van der Waals surface area contributed by atoms with Crippen molar-refractivity contribution in [2.75, 3.05) is 18.9 Å². The first-order valence-corrected chi connectivity index (χ1v) is 25.9. The van der Waals surface area contributed by atoms with Gasteiger partial charge in [-0.05, 0) is 89.1 Å². The molecule has 0 aromatic heterocycles. The second-order valence-electron chi connectivity index (χ2n) is 14.5. The first-order valence-electron chi connectivity index (χ1n) is 20.7. The SMILES string of the molecule is C.C.C.C.CC(C)O.CC(C)OP(=O)(CN)Oc1ccccc1.CC(C)OP(=O)(CNC(=O)OCc1ccccc1)Oc1ccccc1.O=C(NCP(=O)(O)Oc1ccccc1)OCc1ccccc1. The summed E-state index contributed by atoms with van der Waals surface area (Å²) in [6.07, 6.45) is -3.08. The lowest BCUT2D eigenvalue weighted by Crippen LogP contribution is -2.27. The van der Waals surface area contributed by atoms with E-state index < -0.39 is 41.3 Å². The molecule has 0 spiro atoms. The van der Waals surface area contributed by atoms with Gasteiger partial charge in [0.1, 0.15) is 49.3 Å². The lowest BCUT2D eigenvalue weighted by molar-refractivity contribution is 0.139. The summed E-state index contributed by atoms with van der Waals surface area (Å²) < 4.78 is 73.0. The quantitative estimate of drug-likeness (QED) is 0.0483. The summed E-state index contributed by atoms with van der Waals surface area (Å²) in [6.45, 7) is 10.7. The minimum absolute atomic E-state index is 0. The second kappa shape index (κ2) is 37.4. The Morgan fingerprint density at radius 2 is 0.786 bits per heavy atom. The van der Waals surface area contributed by atoms with Crippen LogP contribution >= 0.6 is 22.8 Å². The average molecular weight is 1040 g/mol. The van der Waals surface area contributed by atoms with Crippen molar-refractivity contribution in [2.24, 2.45) is 5.73 Å². The number of aliphatic hydroxyl groups excluding tert-OH is 1. The van der Waals surface area contributed by atoms with Crippen molar-refractivity contribution < 1.29 is 65.4 Å². The Labute approximate surface area is 417 Å². The van der Waals surface area contributed by atoms with Crippen molar-refractivity contribution in [1.82, 2.24) is 10.6 Å². The van der Waals surface area contributed by atoms with Gasteiger partial charge >= 0.3 is 35.0 Å². The number of nitrogens with two attached hydrogens (primary N) is 1. The maximum absolute atomic E-state index is 12.9. The normalized spacial score (nSPS) is 12.5. The van der Waals surface area contributed by atoms with Crippen molar-refractivity contribution in [1.29, 1.82) is 0 Å². The van der Waals surface area contributed by atoms with Crippen LogP contribution in [0.25, 0.3) is 0 Å². The zero-order valence-electron chi connectivity index (χ0n) is 37.9. The van der Waals surface area contributed by atoms with Crippen LogP contribution < -0.4 is 29.9 Å². The van der Waals surface area contributed by atoms with Crippen LogP contribution in [0, 0.1) is 0 Å². The number of rotatable bonds is 19. The third kappa shape index (κ3) is 33.1. The van der Waals surface area contributed by atoms with E-state index in [2.05, 4.69) is 10.6 Å². The van der Waals surface area contributed by atoms with Gasteiger partial charge in [-0.15, -0.1) is 0 Å². The van der Waals surface area contributed by atoms with E-state index in [1.54, 1.807) is 120 Å². The van der Waals surface area contributed by atoms with Gasteiger partial charge in [-0.2, -0.15) is 0 Å². The second-order valence-corrected chi connectivity index (χ2v) is 20.1. The van der Waals surface area contributed by atoms with Gasteiger partial charge in [0.05, 0.1) is 12.2 Å². The van der Waals surface area contributed by atoms with Crippen molar-refractivity contribution in [3.8, 4) is 17.2 Å². The summed E-state index contributed by atoms with van der Waals surface area (Å²) in [5.74, 6) is 1.17. The van der Waals surface area contributed by atoms with E-state index in [0.29, 0.717) is 11.5 Å². The summed E-state index contributed by atoms with van der Waals surface area (Å²) in [4.78, 5) is 33.0. The zero-order valence-corrected chi connectivity index (χ0v) is 40.6. The molecule has 5 rings (SSSR count). The van der Waals surface area contributed by atoms with E-state index in [1.807, 2.05) is 72.8 Å². The number of ether oxygens (including phenoxy) is 2. The van der Waals surface area contributed by atoms with E-state index in [-0.39, 0.29) is 79.6 Å². The molecular formula is C50H78N3O14P3. The number of hydrogen-bond donors (Lipinski definition) is 5. The molecule has 0 aliphatic carbocycles. The molecule has 2 amide bonds. The number of nitrogens with one attached hydrogen (secondary N) is 2. The highest BCUT2D eigenvalue weighted by Gasteiger charge is 2.29. The monoisotopic (exact) mass is 1040 g/mol. The highest BCUT2D eigenvalue weighted by Crippen LogP contribution is 2.49. The first-order chi connectivity index (χ1) is 31.3. The standard InChI is InChI=1S/C18H22NO5P.C15H16NO5P.C10H16NO3P.C3H8O.4CH4/c1-15(2)23-25(21,24-17-11-7-4-8-12-17)14-19-18(20)22-13-16-9-5-3-6-10-16;17-15(20-11-13-7-3-1-4-8-13)16-12-22(18,19)21-14-9-5-2-6-10-14;1-9(2)13-15(12,8-11)14-10-6-4-3-5-7-10;1-3(2)4;;;;/h3-12,15H,13-14H2,1-2H3,(H,19,20);1-10H,11-12H2,(H,16,17)(H,18,19);3-7,9H,8,11H2,1-2H3;3-4H,1-2H3;4*1H4. The largest absolute Gasteiger partial charge is 0.445 e. The molecule has 20 heteroatoms. The summed E-state index contributed by atoms with van der Waals surface area (Å²) in [5, 5.41) is 12.7. The lowest BCUT2D eigenvalue weighted by Gasteiger charge is -2.21. The molecule has 0 aliphatic heterocycles. The summed E-state index contributed by atoms with van der Waals surface area (Å²) >= 11 is 0. The van der Waals surface area contributed by atoms with Gasteiger partial charge < -0.3 is 49.4 Å². The van der Waals surface area contributed by atoms with E-state index in [4.69, 9.17) is 42.9 Å². The van der Waals surface area contributed by atoms with Crippen LogP contribution in [0.15, 0.2) is 152 Å². The Bertz CT molecular complexity index is 2230. The molecule has 0 heterocycles. The van der Waals surface area contributed by atoms with Gasteiger partial charge in [0.15, 0.2) is 0 Å². The number of amides is 2. The number of benzene rings is 5. The maximum Gasteiger partial charge on any atom is 0.408 e. The minimum Gasteiger partial charge on any atom is -0.445 e. The molecule has 17 nitrogen and oxygen atoms in total. The van der Waals surface area contributed by atoms with Gasteiger partial charge in [0.25, 0.3) is 0 Å². The fraction of sp³-hybridized carbons (Fsp3) is 0.360. The van der Waals surface area contributed by atoms with E-state index >= 15 is 0 Å². The minimum atomic E-state index is -3.98. The van der Waals surface area contributed by atoms with Crippen LogP contribution in [0.5, 0.6) is 17.2 Å². The fourth-order valence-electron chi connectivity index (χ4n) is 4.67. The summed E-state index contributed by atoms with van der Waals surface area (Å²) in [5.41, 5.74) is 7.08. The topological polar surface area (TPSA) is 240 Å². The molecule has 0 bridgehead atoms. The van der Waals surface area contributed by atoms with E-state index in [1.165, 1.54) is 0 Å². The zero-order chi connectivity index (χ0) is 48.9. The molecule has 0 radical (unpaired) electrons. The van der Waals surface area contributed by atoms with Crippen molar-refractivity contribution in [3.05, 3.63) is 163 Å². The third-order valence-electron chi connectivity index (χ3n) is 7.20. The number of alkyl carbamates (subject to hydrolysis) is 2. The van der Waals surface area contributed by atoms with Gasteiger partial charge in [0.2, 0.25) is 0 Å². The smallest absolute Gasteiger partial charge is 0.408 e. The van der Waals surface area contributed by atoms with Crippen LogP contribution in [0.3, 0.4) is 0 Å². The van der Waals surface area contributed by atoms with Gasteiger partial charge in [-0.1, -0.05) is 145 Å². The summed E-state index contributed by atoms with van der Waals surface area (Å²) in [6, 6.07) is 44.2. The molecule has 70 heavy (non-hydrogen) atoms. The van der Waals surface area contributed by atoms with Gasteiger partial charge in [-0.25, -0.2) is 23.3 Å². The molecule has 6 N–H and O–H groups in total. The third-order valence-corrected chi connectivity index (χ3v) is 11.7. The molecule has 3 unspecified atom stereocenters. The molecule has 0 saturated carbocycles. The summed E-state index contributed by atoms with van der Waals surface area (Å²) in [7, 11) is -10.7. The maximum atomic E-state index is 12.9. The van der Waals surface area contributed by atoms with Crippen LogP contribution in [-0.4, -0.2) is 59.4 Å². The van der Waals surface area contributed by atoms with Crippen molar-refractivity contribution >= 4 is 35.0 Å². The molecule has 3 atom stereocenters.